The first kappa shape index (κ1) is 17.2. The molecule has 0 aromatic heterocycles. The van der Waals surface area contributed by atoms with E-state index in [4.69, 9.17) is 18.9 Å². The zero-order chi connectivity index (χ0) is 13.5. The van der Waals surface area contributed by atoms with Crippen molar-refractivity contribution in [3.8, 4) is 0 Å². The fourth-order valence-corrected chi connectivity index (χ4v) is 0.929. The van der Waals surface area contributed by atoms with E-state index in [2.05, 4.69) is 4.74 Å². The Kier molecular flexibility index (Phi) is 13.7. The minimum Gasteiger partial charge on any atom is -0.467 e. The molecule has 0 amide bonds. The molecule has 0 N–H and O–H groups in total. The van der Waals surface area contributed by atoms with E-state index in [1.165, 1.54) is 7.11 Å². The number of ether oxygens (including phenoxy) is 5. The highest BCUT2D eigenvalue weighted by molar-refractivity contribution is 5.70. The van der Waals surface area contributed by atoms with Gasteiger partial charge in [-0.1, -0.05) is 0 Å². The molecule has 0 aliphatic heterocycles. The maximum absolute atomic E-state index is 11.6. The van der Waals surface area contributed by atoms with E-state index in [0.29, 0.717) is 39.6 Å². The fourth-order valence-electron chi connectivity index (χ4n) is 0.929. The third-order valence-electron chi connectivity index (χ3n) is 1.79. The minimum atomic E-state index is -0.477. The summed E-state index contributed by atoms with van der Waals surface area (Å²) < 4.78 is 36.2. The summed E-state index contributed by atoms with van der Waals surface area (Å²) in [5, 5.41) is 0. The molecule has 0 heterocycles. The monoisotopic (exact) mass is 268 g/mol. The van der Waals surface area contributed by atoms with Gasteiger partial charge in [-0.3, -0.25) is 0 Å². The van der Waals surface area contributed by atoms with E-state index in [0.717, 1.165) is 0 Å². The van der Waals surface area contributed by atoms with Gasteiger partial charge >= 0.3 is 5.97 Å². The Morgan fingerprint density at radius 3 is 1.72 bits per heavy atom. The van der Waals surface area contributed by atoms with Crippen molar-refractivity contribution >= 4 is 5.97 Å². The largest absolute Gasteiger partial charge is 0.467 e. The number of halogens is 1. The molecule has 0 bridgehead atoms. The summed E-state index contributed by atoms with van der Waals surface area (Å²) in [5.41, 5.74) is 0. The Labute approximate surface area is 106 Å². The molecule has 6 nitrogen and oxygen atoms in total. The van der Waals surface area contributed by atoms with Gasteiger partial charge in [0.25, 0.3) is 0 Å². The van der Waals surface area contributed by atoms with Crippen molar-refractivity contribution in [1.82, 2.24) is 0 Å². The van der Waals surface area contributed by atoms with Gasteiger partial charge in [0.2, 0.25) is 0 Å². The third kappa shape index (κ3) is 13.3. The number of methoxy groups -OCH3 is 1. The summed E-state index contributed by atoms with van der Waals surface area (Å²) in [6.07, 6.45) is 0. The summed E-state index contributed by atoms with van der Waals surface area (Å²) in [7, 11) is 1.30. The molecular formula is C11H21FO6. The van der Waals surface area contributed by atoms with E-state index in [1.807, 2.05) is 0 Å². The first-order valence-electron chi connectivity index (χ1n) is 5.75. The average molecular weight is 268 g/mol. The summed E-state index contributed by atoms with van der Waals surface area (Å²) >= 11 is 0. The van der Waals surface area contributed by atoms with Crippen molar-refractivity contribution in [2.45, 2.75) is 0 Å². The maximum Gasteiger partial charge on any atom is 0.331 e. The lowest BCUT2D eigenvalue weighted by Gasteiger charge is -2.06. The number of esters is 1. The van der Waals surface area contributed by atoms with Gasteiger partial charge in [0.1, 0.15) is 13.3 Å². The van der Waals surface area contributed by atoms with Crippen LogP contribution in [0.4, 0.5) is 4.39 Å². The van der Waals surface area contributed by atoms with Crippen LogP contribution in [0.3, 0.4) is 0 Å². The Morgan fingerprint density at radius 1 is 0.833 bits per heavy atom. The molecule has 0 saturated carbocycles. The highest BCUT2D eigenvalue weighted by Gasteiger charge is 1.98. The second-order valence-electron chi connectivity index (χ2n) is 3.15. The van der Waals surface area contributed by atoms with Crippen LogP contribution in [0.2, 0.25) is 0 Å². The first-order valence-corrected chi connectivity index (χ1v) is 5.75. The second-order valence-corrected chi connectivity index (χ2v) is 3.15. The molecule has 108 valence electrons. The molecule has 0 saturated heterocycles. The van der Waals surface area contributed by atoms with Crippen LogP contribution in [0.15, 0.2) is 0 Å². The minimum absolute atomic E-state index is 0.0672. The van der Waals surface area contributed by atoms with Crippen LogP contribution < -0.4 is 0 Å². The molecule has 0 unspecified atom stereocenters. The van der Waals surface area contributed by atoms with Gasteiger partial charge in [-0.05, 0) is 0 Å². The summed E-state index contributed by atoms with van der Waals surface area (Å²) in [5.74, 6) is -0.411. The zero-order valence-corrected chi connectivity index (χ0v) is 10.7. The number of hydrogen-bond donors (Lipinski definition) is 0. The van der Waals surface area contributed by atoms with E-state index in [1.54, 1.807) is 0 Å². The van der Waals surface area contributed by atoms with Crippen LogP contribution in [0.1, 0.15) is 0 Å². The van der Waals surface area contributed by atoms with Gasteiger partial charge in [-0.15, -0.1) is 0 Å². The Balaban J connectivity index is 2.97. The van der Waals surface area contributed by atoms with Crippen molar-refractivity contribution in [1.29, 1.82) is 0 Å². The number of hydrogen-bond acceptors (Lipinski definition) is 6. The molecule has 0 spiro atoms. The average Bonchev–Trinajstić information content (AvgIpc) is 2.39. The highest BCUT2D eigenvalue weighted by Crippen LogP contribution is 1.83. The SMILES string of the molecule is COC(=O)COCCOCCOCCOCCF. The number of carbonyl (C=O) groups excluding carboxylic acids is 1. The molecule has 0 aromatic rings. The van der Waals surface area contributed by atoms with Gasteiger partial charge in [0.05, 0.1) is 53.4 Å². The number of alkyl halides is 1. The van der Waals surface area contributed by atoms with Crippen LogP contribution in [-0.2, 0) is 28.5 Å². The smallest absolute Gasteiger partial charge is 0.331 e. The molecule has 0 radical (unpaired) electrons. The number of carbonyl (C=O) groups is 1. The third-order valence-corrected chi connectivity index (χ3v) is 1.79. The lowest BCUT2D eigenvalue weighted by molar-refractivity contribution is -0.146. The van der Waals surface area contributed by atoms with Crippen LogP contribution in [0, 0.1) is 0 Å². The maximum atomic E-state index is 11.6. The van der Waals surface area contributed by atoms with Gasteiger partial charge in [-0.2, -0.15) is 0 Å². The van der Waals surface area contributed by atoms with Crippen LogP contribution in [-0.4, -0.2) is 72.6 Å². The summed E-state index contributed by atoms with van der Waals surface area (Å²) in [6.45, 7) is 1.96. The van der Waals surface area contributed by atoms with Crippen LogP contribution in [0.5, 0.6) is 0 Å². The standard InChI is InChI=1S/C11H21FO6/c1-14-11(13)10-18-9-8-17-7-6-16-5-4-15-3-2-12/h2-10H2,1H3. The molecule has 0 aliphatic rings. The Hall–Kier alpha value is -0.760. The second kappa shape index (κ2) is 14.3. The predicted octanol–water partition coefficient (Wildman–Crippen LogP) is 0.195. The van der Waals surface area contributed by atoms with Crippen LogP contribution >= 0.6 is 0 Å². The van der Waals surface area contributed by atoms with Crippen molar-refractivity contribution in [2.75, 3.05) is 66.6 Å². The van der Waals surface area contributed by atoms with E-state index < -0.39 is 12.6 Å². The van der Waals surface area contributed by atoms with Crippen molar-refractivity contribution < 1.29 is 32.9 Å². The molecular weight excluding hydrogens is 247 g/mol. The zero-order valence-electron chi connectivity index (χ0n) is 10.7. The highest BCUT2D eigenvalue weighted by atomic mass is 19.1. The molecule has 0 aliphatic carbocycles. The lowest BCUT2D eigenvalue weighted by Crippen LogP contribution is -2.15. The van der Waals surface area contributed by atoms with E-state index in [9.17, 15) is 9.18 Å². The van der Waals surface area contributed by atoms with Gasteiger partial charge in [0, 0.05) is 0 Å². The molecule has 0 fully saturated rings. The van der Waals surface area contributed by atoms with E-state index >= 15 is 0 Å². The van der Waals surface area contributed by atoms with Gasteiger partial charge < -0.3 is 23.7 Å². The molecule has 0 aromatic carbocycles. The number of rotatable bonds is 13. The molecule has 18 heavy (non-hydrogen) atoms. The first-order chi connectivity index (χ1) is 8.81. The van der Waals surface area contributed by atoms with Crippen LogP contribution in [0.25, 0.3) is 0 Å². The summed E-state index contributed by atoms with van der Waals surface area (Å²) in [4.78, 5) is 10.7. The Morgan fingerprint density at radius 2 is 1.28 bits per heavy atom. The Bertz CT molecular complexity index is 190. The quantitative estimate of drug-likeness (QED) is 0.351. The van der Waals surface area contributed by atoms with Crippen molar-refractivity contribution in [3.63, 3.8) is 0 Å². The van der Waals surface area contributed by atoms with Crippen molar-refractivity contribution in [2.24, 2.45) is 0 Å². The predicted molar refractivity (Wildman–Crippen MR) is 61.3 cm³/mol. The molecule has 7 heteroatoms. The molecule has 0 atom stereocenters. The van der Waals surface area contributed by atoms with Crippen molar-refractivity contribution in [3.05, 3.63) is 0 Å². The van der Waals surface area contributed by atoms with E-state index in [-0.39, 0.29) is 13.2 Å². The van der Waals surface area contributed by atoms with Gasteiger partial charge in [-0.25, -0.2) is 9.18 Å². The lowest BCUT2D eigenvalue weighted by atomic mass is 10.7. The normalized spacial score (nSPS) is 10.6. The molecule has 0 rings (SSSR count). The fraction of sp³-hybridized carbons (Fsp3) is 0.909. The summed E-state index contributed by atoms with van der Waals surface area (Å²) in [6, 6.07) is 0. The van der Waals surface area contributed by atoms with Gasteiger partial charge in [0.15, 0.2) is 0 Å². The topological polar surface area (TPSA) is 63.2 Å².